The van der Waals surface area contributed by atoms with Gasteiger partial charge in [-0.05, 0) is 6.07 Å². The Bertz CT molecular complexity index is 369. The SMILES string of the molecule is SNc1ncc2[nH]ccc2n1. The summed E-state index contributed by atoms with van der Waals surface area (Å²) < 4.78 is 2.57. The molecule has 5 heteroatoms. The fourth-order valence-corrected chi connectivity index (χ4v) is 1.01. The van der Waals surface area contributed by atoms with E-state index >= 15 is 0 Å². The summed E-state index contributed by atoms with van der Waals surface area (Å²) in [5.41, 5.74) is 1.81. The van der Waals surface area contributed by atoms with Gasteiger partial charge < -0.3 is 9.71 Å². The van der Waals surface area contributed by atoms with E-state index in [0.29, 0.717) is 5.95 Å². The second kappa shape index (κ2) is 2.43. The van der Waals surface area contributed by atoms with E-state index in [1.165, 1.54) is 0 Å². The highest BCUT2D eigenvalue weighted by atomic mass is 32.1. The van der Waals surface area contributed by atoms with Gasteiger partial charge in [-0.25, -0.2) is 9.97 Å². The molecule has 0 atom stereocenters. The van der Waals surface area contributed by atoms with Crippen molar-refractivity contribution in [1.82, 2.24) is 15.0 Å². The first-order valence-electron chi connectivity index (χ1n) is 3.10. The summed E-state index contributed by atoms with van der Waals surface area (Å²) in [6.07, 6.45) is 3.53. The molecule has 2 N–H and O–H groups in total. The van der Waals surface area contributed by atoms with Gasteiger partial charge in [-0.2, -0.15) is 0 Å². The molecule has 0 unspecified atom stereocenters. The topological polar surface area (TPSA) is 53.6 Å². The minimum atomic E-state index is 0.514. The molecule has 0 spiro atoms. The number of anilines is 1. The van der Waals surface area contributed by atoms with Crippen molar-refractivity contribution in [3.8, 4) is 0 Å². The fraction of sp³-hybridized carbons (Fsp3) is 0. The predicted molar refractivity (Wildman–Crippen MR) is 46.5 cm³/mol. The normalized spacial score (nSPS) is 10.3. The lowest BCUT2D eigenvalue weighted by molar-refractivity contribution is 1.23. The number of rotatable bonds is 1. The molecule has 56 valence electrons. The molecule has 0 aliphatic heterocycles. The number of H-pyrrole nitrogens is 1. The first-order chi connectivity index (χ1) is 5.40. The van der Waals surface area contributed by atoms with E-state index in [9.17, 15) is 0 Å². The number of nitrogens with zero attached hydrogens (tertiary/aromatic N) is 2. The van der Waals surface area contributed by atoms with Crippen LogP contribution in [0, 0.1) is 0 Å². The average molecular weight is 166 g/mol. The number of fused-ring (bicyclic) bond motifs is 1. The van der Waals surface area contributed by atoms with Crippen molar-refractivity contribution in [2.45, 2.75) is 0 Å². The Kier molecular flexibility index (Phi) is 1.43. The lowest BCUT2D eigenvalue weighted by Crippen LogP contribution is -1.89. The van der Waals surface area contributed by atoms with Crippen LogP contribution in [0.2, 0.25) is 0 Å². The van der Waals surface area contributed by atoms with Gasteiger partial charge in [-0.15, -0.1) is 0 Å². The second-order valence-corrected chi connectivity index (χ2v) is 2.31. The summed E-state index contributed by atoms with van der Waals surface area (Å²) in [4.78, 5) is 11.1. The number of nitrogens with one attached hydrogen (secondary N) is 2. The second-order valence-electron chi connectivity index (χ2n) is 2.08. The Balaban J connectivity index is 2.67. The van der Waals surface area contributed by atoms with Crippen LogP contribution < -0.4 is 4.72 Å². The summed E-state index contributed by atoms with van der Waals surface area (Å²) in [5, 5.41) is 0. The van der Waals surface area contributed by atoms with Crippen LogP contribution in [-0.4, -0.2) is 15.0 Å². The summed E-state index contributed by atoms with van der Waals surface area (Å²) in [6.45, 7) is 0. The van der Waals surface area contributed by atoms with Crippen molar-refractivity contribution in [2.75, 3.05) is 4.72 Å². The Morgan fingerprint density at radius 1 is 1.55 bits per heavy atom. The summed E-state index contributed by atoms with van der Waals surface area (Å²) >= 11 is 3.83. The van der Waals surface area contributed by atoms with Crippen molar-refractivity contribution in [3.05, 3.63) is 18.5 Å². The molecule has 0 aromatic carbocycles. The van der Waals surface area contributed by atoms with Gasteiger partial charge >= 0.3 is 0 Å². The molecule has 0 fully saturated rings. The average Bonchev–Trinajstić information content (AvgIpc) is 2.50. The highest BCUT2D eigenvalue weighted by Crippen LogP contribution is 2.09. The molecule has 11 heavy (non-hydrogen) atoms. The maximum absolute atomic E-state index is 4.12. The largest absolute Gasteiger partial charge is 0.359 e. The van der Waals surface area contributed by atoms with Crippen LogP contribution in [0.1, 0.15) is 0 Å². The molecule has 0 aliphatic rings. The molecule has 4 nitrogen and oxygen atoms in total. The first-order valence-corrected chi connectivity index (χ1v) is 3.55. The highest BCUT2D eigenvalue weighted by molar-refractivity contribution is 7.81. The predicted octanol–water partition coefficient (Wildman–Crippen LogP) is 1.21. The number of thiol groups is 1. The lowest BCUT2D eigenvalue weighted by Gasteiger charge is -1.94. The van der Waals surface area contributed by atoms with E-state index in [4.69, 9.17) is 0 Å². The molecule has 0 aliphatic carbocycles. The van der Waals surface area contributed by atoms with Gasteiger partial charge in [0, 0.05) is 6.20 Å². The smallest absolute Gasteiger partial charge is 0.233 e. The van der Waals surface area contributed by atoms with Crippen LogP contribution in [0.15, 0.2) is 18.5 Å². The minimum Gasteiger partial charge on any atom is -0.359 e. The van der Waals surface area contributed by atoms with E-state index in [2.05, 4.69) is 32.5 Å². The maximum atomic E-state index is 4.12. The molecule has 0 saturated heterocycles. The van der Waals surface area contributed by atoms with Gasteiger partial charge in [0.2, 0.25) is 5.95 Å². The standard InChI is InChI=1S/C6H6N4S/c11-10-6-8-3-5-4(9-6)1-2-7-5/h1-3,7,11H,(H,8,9,10). The summed E-state index contributed by atoms with van der Waals surface area (Å²) in [7, 11) is 0. The van der Waals surface area contributed by atoms with Crippen LogP contribution in [0.4, 0.5) is 5.95 Å². The molecule has 2 aromatic rings. The van der Waals surface area contributed by atoms with Crippen LogP contribution in [0.3, 0.4) is 0 Å². The van der Waals surface area contributed by atoms with Gasteiger partial charge in [0.05, 0.1) is 17.2 Å². The Morgan fingerprint density at radius 3 is 3.27 bits per heavy atom. The zero-order valence-corrected chi connectivity index (χ0v) is 6.47. The monoisotopic (exact) mass is 166 g/mol. The highest BCUT2D eigenvalue weighted by Gasteiger charge is 1.96. The molecule has 0 amide bonds. The quantitative estimate of drug-likeness (QED) is 0.558. The number of hydrogen-bond donors (Lipinski definition) is 3. The lowest BCUT2D eigenvalue weighted by atomic mass is 10.5. The van der Waals surface area contributed by atoms with Crippen molar-refractivity contribution >= 4 is 29.8 Å². The molecule has 0 saturated carbocycles. The van der Waals surface area contributed by atoms with Gasteiger partial charge in [-0.3, -0.25) is 0 Å². The zero-order valence-electron chi connectivity index (χ0n) is 5.57. The Morgan fingerprint density at radius 2 is 2.45 bits per heavy atom. The molecular weight excluding hydrogens is 160 g/mol. The summed E-state index contributed by atoms with van der Waals surface area (Å²) in [5.74, 6) is 0.514. The number of aromatic amines is 1. The van der Waals surface area contributed by atoms with Gasteiger partial charge in [0.15, 0.2) is 0 Å². The third-order valence-electron chi connectivity index (χ3n) is 1.40. The van der Waals surface area contributed by atoms with E-state index in [0.717, 1.165) is 11.0 Å². The third kappa shape index (κ3) is 1.03. The van der Waals surface area contributed by atoms with E-state index < -0.39 is 0 Å². The van der Waals surface area contributed by atoms with Crippen LogP contribution >= 0.6 is 12.8 Å². The van der Waals surface area contributed by atoms with Crippen LogP contribution in [0.25, 0.3) is 11.0 Å². The van der Waals surface area contributed by atoms with E-state index in [-0.39, 0.29) is 0 Å². The molecule has 0 radical (unpaired) electrons. The fourth-order valence-electron chi connectivity index (χ4n) is 0.898. The number of aromatic nitrogens is 3. The Labute approximate surface area is 68.6 Å². The van der Waals surface area contributed by atoms with E-state index in [1.807, 2.05) is 12.3 Å². The summed E-state index contributed by atoms with van der Waals surface area (Å²) in [6, 6.07) is 1.88. The molecular formula is C6H6N4S. The van der Waals surface area contributed by atoms with Crippen molar-refractivity contribution < 1.29 is 0 Å². The Hall–Kier alpha value is -1.23. The van der Waals surface area contributed by atoms with Gasteiger partial charge in [0.1, 0.15) is 0 Å². The van der Waals surface area contributed by atoms with Gasteiger partial charge in [-0.1, -0.05) is 12.8 Å². The molecule has 2 heterocycles. The third-order valence-corrected chi connectivity index (χ3v) is 1.60. The van der Waals surface area contributed by atoms with Crippen molar-refractivity contribution in [3.63, 3.8) is 0 Å². The van der Waals surface area contributed by atoms with Crippen LogP contribution in [-0.2, 0) is 0 Å². The maximum Gasteiger partial charge on any atom is 0.233 e. The molecule has 2 rings (SSSR count). The van der Waals surface area contributed by atoms with Gasteiger partial charge in [0.25, 0.3) is 0 Å². The first kappa shape index (κ1) is 6.48. The number of hydrogen-bond acceptors (Lipinski definition) is 4. The van der Waals surface area contributed by atoms with Crippen molar-refractivity contribution in [1.29, 1.82) is 0 Å². The van der Waals surface area contributed by atoms with E-state index in [1.54, 1.807) is 6.20 Å². The molecule has 0 bridgehead atoms. The van der Waals surface area contributed by atoms with Crippen molar-refractivity contribution in [2.24, 2.45) is 0 Å². The van der Waals surface area contributed by atoms with Crippen LogP contribution in [0.5, 0.6) is 0 Å². The minimum absolute atomic E-state index is 0.514. The zero-order chi connectivity index (χ0) is 7.68. The molecule has 2 aromatic heterocycles.